The van der Waals surface area contributed by atoms with Crippen LogP contribution in [0.5, 0.6) is 0 Å². The molecule has 2 heterocycles. The van der Waals surface area contributed by atoms with Crippen LogP contribution in [-0.2, 0) is 6.54 Å². The van der Waals surface area contributed by atoms with Crippen LogP contribution in [0.4, 0.5) is 5.69 Å². The maximum Gasteiger partial charge on any atom is 0.130 e. The highest BCUT2D eigenvalue weighted by molar-refractivity contribution is 7.00. The van der Waals surface area contributed by atoms with Crippen molar-refractivity contribution in [3.8, 4) is 0 Å². The van der Waals surface area contributed by atoms with Gasteiger partial charge in [0.1, 0.15) is 22.6 Å². The number of nitrogens with one attached hydrogen (secondary N) is 1. The first-order valence-corrected chi connectivity index (χ1v) is 7.03. The normalized spacial score (nSPS) is 11.1. The van der Waals surface area contributed by atoms with Crippen molar-refractivity contribution >= 4 is 51.7 Å². The quantitative estimate of drug-likeness (QED) is 0.772. The molecule has 0 atom stereocenters. The summed E-state index contributed by atoms with van der Waals surface area (Å²) < 4.78 is 13.9. The Hall–Kier alpha value is -1.30. The van der Waals surface area contributed by atoms with Gasteiger partial charge in [-0.15, -0.1) is 0 Å². The second kappa shape index (κ2) is 5.00. The third kappa shape index (κ3) is 2.41. The topological polar surface area (TPSA) is 51.0 Å². The second-order valence-electron chi connectivity index (χ2n) is 4.04. The Bertz CT molecular complexity index is 738. The molecule has 0 bridgehead atoms. The number of anilines is 1. The molecule has 3 rings (SSSR count). The van der Waals surface area contributed by atoms with Crippen molar-refractivity contribution in [3.63, 3.8) is 0 Å². The molecule has 0 aliphatic heterocycles. The Balaban J connectivity index is 1.94. The van der Waals surface area contributed by atoms with E-state index < -0.39 is 0 Å². The zero-order valence-corrected chi connectivity index (χ0v) is 12.2. The van der Waals surface area contributed by atoms with Gasteiger partial charge in [0.2, 0.25) is 0 Å². The second-order valence-corrected chi connectivity index (χ2v) is 5.39. The molecule has 7 heteroatoms. The number of furan rings is 1. The third-order valence-corrected chi connectivity index (χ3v) is 3.79. The van der Waals surface area contributed by atoms with Gasteiger partial charge in [0.15, 0.2) is 0 Å². The molecule has 0 radical (unpaired) electrons. The minimum absolute atomic E-state index is 0.508. The van der Waals surface area contributed by atoms with Crippen LogP contribution in [0.15, 0.2) is 22.6 Å². The first kappa shape index (κ1) is 12.7. The van der Waals surface area contributed by atoms with Gasteiger partial charge in [-0.3, -0.25) is 0 Å². The highest BCUT2D eigenvalue weighted by Gasteiger charge is 2.14. The van der Waals surface area contributed by atoms with Crippen LogP contribution < -0.4 is 5.32 Å². The molecule has 0 amide bonds. The number of benzene rings is 1. The molecular formula is C12H9Cl2N3OS. The first-order chi connectivity index (χ1) is 9.15. The SMILES string of the molecule is Cc1ccc(CNc2c(Cl)cc(Cl)c3nsnc23)o1. The number of aryl methyl sites for hydroxylation is 1. The van der Waals surface area contributed by atoms with Crippen LogP contribution in [0.3, 0.4) is 0 Å². The van der Waals surface area contributed by atoms with E-state index in [-0.39, 0.29) is 0 Å². The molecule has 3 aromatic rings. The van der Waals surface area contributed by atoms with Gasteiger partial charge in [0.05, 0.1) is 34.0 Å². The molecule has 19 heavy (non-hydrogen) atoms. The van der Waals surface area contributed by atoms with Crippen LogP contribution in [-0.4, -0.2) is 8.75 Å². The highest BCUT2D eigenvalue weighted by Crippen LogP contribution is 2.35. The van der Waals surface area contributed by atoms with Crippen molar-refractivity contribution in [2.24, 2.45) is 0 Å². The van der Waals surface area contributed by atoms with Crippen molar-refractivity contribution in [2.75, 3.05) is 5.32 Å². The molecule has 98 valence electrons. The van der Waals surface area contributed by atoms with Gasteiger partial charge in [0.25, 0.3) is 0 Å². The van der Waals surface area contributed by atoms with Gasteiger partial charge in [-0.25, -0.2) is 0 Å². The largest absolute Gasteiger partial charge is 0.465 e. The highest BCUT2D eigenvalue weighted by atomic mass is 35.5. The fourth-order valence-corrected chi connectivity index (χ4v) is 2.98. The summed E-state index contributed by atoms with van der Waals surface area (Å²) in [4.78, 5) is 0. The number of hydrogen-bond donors (Lipinski definition) is 1. The van der Waals surface area contributed by atoms with Crippen LogP contribution >= 0.6 is 34.9 Å². The maximum absolute atomic E-state index is 6.20. The number of rotatable bonds is 3. The van der Waals surface area contributed by atoms with E-state index in [0.29, 0.717) is 27.6 Å². The predicted molar refractivity (Wildman–Crippen MR) is 78.2 cm³/mol. The minimum Gasteiger partial charge on any atom is -0.465 e. The van der Waals surface area contributed by atoms with E-state index in [4.69, 9.17) is 27.6 Å². The summed E-state index contributed by atoms with van der Waals surface area (Å²) in [6.07, 6.45) is 0. The molecule has 1 aromatic carbocycles. The number of hydrogen-bond acceptors (Lipinski definition) is 5. The fourth-order valence-electron chi connectivity index (χ4n) is 1.80. The van der Waals surface area contributed by atoms with E-state index in [1.807, 2.05) is 19.1 Å². The van der Waals surface area contributed by atoms with Crippen molar-refractivity contribution in [3.05, 3.63) is 39.8 Å². The summed E-state index contributed by atoms with van der Waals surface area (Å²) in [5.41, 5.74) is 2.07. The van der Waals surface area contributed by atoms with Gasteiger partial charge in [-0.2, -0.15) is 8.75 Å². The summed E-state index contributed by atoms with van der Waals surface area (Å²) >= 11 is 13.4. The minimum atomic E-state index is 0.508. The Morgan fingerprint density at radius 2 is 2.00 bits per heavy atom. The summed E-state index contributed by atoms with van der Waals surface area (Å²) in [5.74, 6) is 1.71. The van der Waals surface area contributed by atoms with Crippen LogP contribution in [0.1, 0.15) is 11.5 Å². The zero-order chi connectivity index (χ0) is 13.4. The van der Waals surface area contributed by atoms with Crippen LogP contribution in [0, 0.1) is 6.92 Å². The molecule has 0 spiro atoms. The smallest absolute Gasteiger partial charge is 0.130 e. The van der Waals surface area contributed by atoms with E-state index in [9.17, 15) is 0 Å². The van der Waals surface area contributed by atoms with E-state index in [0.717, 1.165) is 28.9 Å². The van der Waals surface area contributed by atoms with E-state index in [2.05, 4.69) is 14.1 Å². The van der Waals surface area contributed by atoms with Gasteiger partial charge in [0, 0.05) is 0 Å². The summed E-state index contributed by atoms with van der Waals surface area (Å²) in [6, 6.07) is 5.51. The van der Waals surface area contributed by atoms with E-state index >= 15 is 0 Å². The van der Waals surface area contributed by atoms with Crippen molar-refractivity contribution < 1.29 is 4.42 Å². The Morgan fingerprint density at radius 1 is 1.21 bits per heavy atom. The Morgan fingerprint density at radius 3 is 2.74 bits per heavy atom. The Labute approximate surface area is 123 Å². The molecule has 0 unspecified atom stereocenters. The Kier molecular flexibility index (Phi) is 3.35. The summed E-state index contributed by atoms with van der Waals surface area (Å²) in [7, 11) is 0. The van der Waals surface area contributed by atoms with Gasteiger partial charge in [-0.05, 0) is 25.1 Å². The summed E-state index contributed by atoms with van der Waals surface area (Å²) in [5, 5.41) is 4.25. The number of aromatic nitrogens is 2. The van der Waals surface area contributed by atoms with Crippen molar-refractivity contribution in [1.82, 2.24) is 8.75 Å². The van der Waals surface area contributed by atoms with Gasteiger partial charge < -0.3 is 9.73 Å². The average Bonchev–Trinajstić information content (AvgIpc) is 2.98. The van der Waals surface area contributed by atoms with E-state index in [1.165, 1.54) is 0 Å². The van der Waals surface area contributed by atoms with Gasteiger partial charge in [-0.1, -0.05) is 23.2 Å². The predicted octanol–water partition coefficient (Wildman–Crippen LogP) is 4.51. The van der Waals surface area contributed by atoms with Crippen LogP contribution in [0.25, 0.3) is 11.0 Å². The summed E-state index contributed by atoms with van der Waals surface area (Å²) in [6.45, 7) is 2.43. The number of halogens is 2. The standard InChI is InChI=1S/C12H9Cl2N3OS/c1-6-2-3-7(18-6)5-15-10-8(13)4-9(14)11-12(10)17-19-16-11/h2-4,15H,5H2,1H3. The molecule has 0 fully saturated rings. The lowest BCUT2D eigenvalue weighted by Crippen LogP contribution is -2.00. The number of fused-ring (bicyclic) bond motifs is 1. The van der Waals surface area contributed by atoms with Crippen molar-refractivity contribution in [2.45, 2.75) is 13.5 Å². The monoisotopic (exact) mass is 313 g/mol. The lowest BCUT2D eigenvalue weighted by atomic mass is 10.2. The molecular weight excluding hydrogens is 305 g/mol. The maximum atomic E-state index is 6.20. The fraction of sp³-hybridized carbons (Fsp3) is 0.167. The van der Waals surface area contributed by atoms with Gasteiger partial charge >= 0.3 is 0 Å². The third-order valence-electron chi connectivity index (χ3n) is 2.68. The molecule has 2 aromatic heterocycles. The molecule has 0 saturated heterocycles. The zero-order valence-electron chi connectivity index (χ0n) is 9.91. The number of nitrogens with zero attached hydrogens (tertiary/aromatic N) is 2. The first-order valence-electron chi connectivity index (χ1n) is 5.54. The molecule has 0 aliphatic carbocycles. The van der Waals surface area contributed by atoms with E-state index in [1.54, 1.807) is 6.07 Å². The molecule has 1 N–H and O–H groups in total. The lowest BCUT2D eigenvalue weighted by molar-refractivity contribution is 0.490. The molecule has 0 aliphatic rings. The lowest BCUT2D eigenvalue weighted by Gasteiger charge is -2.08. The van der Waals surface area contributed by atoms with Crippen molar-refractivity contribution in [1.29, 1.82) is 0 Å². The van der Waals surface area contributed by atoms with Crippen LogP contribution in [0.2, 0.25) is 10.0 Å². The molecule has 0 saturated carbocycles. The molecule has 4 nitrogen and oxygen atoms in total. The average molecular weight is 314 g/mol.